The van der Waals surface area contributed by atoms with Gasteiger partial charge in [0, 0.05) is 17.1 Å². The molecule has 10 aromatic carbocycles. The standard InChI is InChI=1S/C56H39N/c1-3-11-40(12-4-1)43-23-30-52(31-24-43)57(53-32-25-44(26-33-53)49-21-19-41-13-7-9-17-47(41)37-49)54-34-27-46(28-35-54)56-39-51(29-36-55(56)45-15-5-2-6-16-45)50-22-20-42-14-8-10-18-48(42)38-50/h1-39H. The molecule has 0 spiro atoms. The van der Waals surface area contributed by atoms with Crippen LogP contribution in [0.1, 0.15) is 0 Å². The fourth-order valence-electron chi connectivity index (χ4n) is 8.04. The molecular weight excluding hydrogens is 687 g/mol. The van der Waals surface area contributed by atoms with Crippen LogP contribution < -0.4 is 4.90 Å². The van der Waals surface area contributed by atoms with Crippen LogP contribution in [0.5, 0.6) is 0 Å². The van der Waals surface area contributed by atoms with E-state index in [4.69, 9.17) is 0 Å². The number of nitrogens with zero attached hydrogens (tertiary/aromatic N) is 1. The minimum atomic E-state index is 1.09. The number of rotatable bonds is 8. The van der Waals surface area contributed by atoms with Crippen molar-refractivity contribution in [1.29, 1.82) is 0 Å². The smallest absolute Gasteiger partial charge is 0.0462 e. The van der Waals surface area contributed by atoms with Crippen molar-refractivity contribution < 1.29 is 0 Å². The van der Waals surface area contributed by atoms with Gasteiger partial charge < -0.3 is 4.90 Å². The number of hydrogen-bond donors (Lipinski definition) is 0. The molecule has 0 aliphatic rings. The van der Waals surface area contributed by atoms with Gasteiger partial charge in [0.2, 0.25) is 0 Å². The maximum atomic E-state index is 2.35. The van der Waals surface area contributed by atoms with E-state index in [2.05, 4.69) is 241 Å². The van der Waals surface area contributed by atoms with Crippen molar-refractivity contribution >= 4 is 38.6 Å². The van der Waals surface area contributed by atoms with Gasteiger partial charge >= 0.3 is 0 Å². The fraction of sp³-hybridized carbons (Fsp3) is 0. The number of fused-ring (bicyclic) bond motifs is 2. The number of benzene rings is 10. The van der Waals surface area contributed by atoms with Crippen LogP contribution in [0.4, 0.5) is 17.1 Å². The second-order valence-electron chi connectivity index (χ2n) is 14.6. The van der Waals surface area contributed by atoms with Crippen LogP contribution in [0.3, 0.4) is 0 Å². The average molecular weight is 726 g/mol. The summed E-state index contributed by atoms with van der Waals surface area (Å²) < 4.78 is 0. The first-order valence-corrected chi connectivity index (χ1v) is 19.6. The summed E-state index contributed by atoms with van der Waals surface area (Å²) in [5, 5.41) is 5.00. The van der Waals surface area contributed by atoms with Crippen LogP contribution >= 0.6 is 0 Å². The molecule has 57 heavy (non-hydrogen) atoms. The Balaban J connectivity index is 1.05. The summed E-state index contributed by atoms with van der Waals surface area (Å²) in [6, 6.07) is 85.7. The van der Waals surface area contributed by atoms with Gasteiger partial charge in [0.05, 0.1) is 0 Å². The van der Waals surface area contributed by atoms with Crippen LogP contribution in [-0.2, 0) is 0 Å². The third kappa shape index (κ3) is 6.88. The predicted octanol–water partition coefficient (Wildman–Crippen LogP) is 15.8. The van der Waals surface area contributed by atoms with Crippen molar-refractivity contribution in [2.24, 2.45) is 0 Å². The summed E-state index contributed by atoms with van der Waals surface area (Å²) in [5.41, 5.74) is 15.3. The quantitative estimate of drug-likeness (QED) is 0.151. The summed E-state index contributed by atoms with van der Waals surface area (Å²) in [6.07, 6.45) is 0. The van der Waals surface area contributed by atoms with E-state index in [0.717, 1.165) is 17.1 Å². The first-order valence-electron chi connectivity index (χ1n) is 19.6. The zero-order valence-electron chi connectivity index (χ0n) is 31.5. The molecule has 0 radical (unpaired) electrons. The highest BCUT2D eigenvalue weighted by Gasteiger charge is 2.16. The van der Waals surface area contributed by atoms with Crippen LogP contribution in [0, 0.1) is 0 Å². The molecule has 0 aliphatic heterocycles. The van der Waals surface area contributed by atoms with Gasteiger partial charge in [-0.1, -0.05) is 182 Å². The largest absolute Gasteiger partial charge is 0.311 e. The van der Waals surface area contributed by atoms with Gasteiger partial charge in [0.15, 0.2) is 0 Å². The SMILES string of the molecule is c1ccc(-c2ccc(N(c3ccc(-c4ccc5ccccc5c4)cc3)c3ccc(-c4cc(-c5ccc6ccccc6c5)ccc4-c4ccccc4)cc3)cc2)cc1. The minimum Gasteiger partial charge on any atom is -0.311 e. The monoisotopic (exact) mass is 725 g/mol. The highest BCUT2D eigenvalue weighted by atomic mass is 15.1. The first-order chi connectivity index (χ1) is 28.2. The van der Waals surface area contributed by atoms with Gasteiger partial charge in [-0.3, -0.25) is 0 Å². The van der Waals surface area contributed by atoms with Crippen molar-refractivity contribution in [3.8, 4) is 55.6 Å². The van der Waals surface area contributed by atoms with E-state index in [-0.39, 0.29) is 0 Å². The molecule has 0 aliphatic carbocycles. The molecule has 1 nitrogen and oxygen atoms in total. The number of hydrogen-bond acceptors (Lipinski definition) is 1. The fourth-order valence-corrected chi connectivity index (χ4v) is 8.04. The normalized spacial score (nSPS) is 11.2. The molecule has 0 heterocycles. The molecule has 10 aromatic rings. The molecule has 0 atom stereocenters. The van der Waals surface area contributed by atoms with Crippen LogP contribution in [0.25, 0.3) is 77.2 Å². The molecule has 0 aromatic heterocycles. The van der Waals surface area contributed by atoms with E-state index >= 15 is 0 Å². The predicted molar refractivity (Wildman–Crippen MR) is 243 cm³/mol. The van der Waals surface area contributed by atoms with Crippen LogP contribution in [0.15, 0.2) is 237 Å². The van der Waals surface area contributed by atoms with Gasteiger partial charge in [-0.15, -0.1) is 0 Å². The summed E-state index contributed by atoms with van der Waals surface area (Å²) in [4.78, 5) is 2.35. The molecule has 0 saturated heterocycles. The van der Waals surface area contributed by atoms with E-state index in [9.17, 15) is 0 Å². The molecule has 268 valence electrons. The summed E-state index contributed by atoms with van der Waals surface area (Å²) >= 11 is 0. The Morgan fingerprint density at radius 3 is 1.05 bits per heavy atom. The maximum absolute atomic E-state index is 2.35. The lowest BCUT2D eigenvalue weighted by atomic mass is 9.90. The Bertz CT molecular complexity index is 2970. The molecular formula is C56H39N. The van der Waals surface area contributed by atoms with Gasteiger partial charge in [-0.2, -0.15) is 0 Å². The highest BCUT2D eigenvalue weighted by Crippen LogP contribution is 2.41. The zero-order chi connectivity index (χ0) is 38.0. The third-order valence-electron chi connectivity index (χ3n) is 11.1. The lowest BCUT2D eigenvalue weighted by molar-refractivity contribution is 1.28. The van der Waals surface area contributed by atoms with Gasteiger partial charge in [-0.25, -0.2) is 0 Å². The Morgan fingerprint density at radius 1 is 0.193 bits per heavy atom. The topological polar surface area (TPSA) is 3.24 Å². The molecule has 0 N–H and O–H groups in total. The summed E-state index contributed by atoms with van der Waals surface area (Å²) in [7, 11) is 0. The second kappa shape index (κ2) is 15.0. The molecule has 0 fully saturated rings. The van der Waals surface area contributed by atoms with Gasteiger partial charge in [-0.05, 0) is 132 Å². The molecule has 1 heteroatoms. The second-order valence-corrected chi connectivity index (χ2v) is 14.6. The van der Waals surface area contributed by atoms with Crippen molar-refractivity contribution in [3.63, 3.8) is 0 Å². The summed E-state index contributed by atoms with van der Waals surface area (Å²) in [5.74, 6) is 0. The van der Waals surface area contributed by atoms with Crippen molar-refractivity contribution in [3.05, 3.63) is 237 Å². The minimum absolute atomic E-state index is 1.09. The lowest BCUT2D eigenvalue weighted by Crippen LogP contribution is -2.09. The molecule has 10 rings (SSSR count). The Labute approximate surface area is 334 Å². The van der Waals surface area contributed by atoms with E-state index in [1.165, 1.54) is 77.2 Å². The molecule has 0 saturated carbocycles. The Kier molecular flexibility index (Phi) is 8.95. The van der Waals surface area contributed by atoms with Gasteiger partial charge in [0.25, 0.3) is 0 Å². The Morgan fingerprint density at radius 2 is 0.526 bits per heavy atom. The summed E-state index contributed by atoms with van der Waals surface area (Å²) in [6.45, 7) is 0. The van der Waals surface area contributed by atoms with Crippen molar-refractivity contribution in [2.75, 3.05) is 4.90 Å². The van der Waals surface area contributed by atoms with Crippen molar-refractivity contribution in [1.82, 2.24) is 0 Å². The van der Waals surface area contributed by atoms with E-state index in [1.807, 2.05) is 0 Å². The third-order valence-corrected chi connectivity index (χ3v) is 11.1. The average Bonchev–Trinajstić information content (AvgIpc) is 3.30. The van der Waals surface area contributed by atoms with Gasteiger partial charge in [0.1, 0.15) is 0 Å². The number of anilines is 3. The van der Waals surface area contributed by atoms with E-state index < -0.39 is 0 Å². The highest BCUT2D eigenvalue weighted by molar-refractivity contribution is 5.92. The zero-order valence-corrected chi connectivity index (χ0v) is 31.5. The first kappa shape index (κ1) is 34.0. The maximum Gasteiger partial charge on any atom is 0.0462 e. The molecule has 0 unspecified atom stereocenters. The Hall–Kier alpha value is -7.48. The van der Waals surface area contributed by atoms with E-state index in [1.54, 1.807) is 0 Å². The molecule has 0 bridgehead atoms. The van der Waals surface area contributed by atoms with Crippen LogP contribution in [-0.4, -0.2) is 0 Å². The lowest BCUT2D eigenvalue weighted by Gasteiger charge is -2.26. The van der Waals surface area contributed by atoms with Crippen molar-refractivity contribution in [2.45, 2.75) is 0 Å². The van der Waals surface area contributed by atoms with E-state index in [0.29, 0.717) is 0 Å². The molecule has 0 amide bonds. The van der Waals surface area contributed by atoms with Crippen LogP contribution in [0.2, 0.25) is 0 Å².